The summed E-state index contributed by atoms with van der Waals surface area (Å²) in [5.74, 6) is 0.651. The zero-order valence-electron chi connectivity index (χ0n) is 18.2. The second-order valence-corrected chi connectivity index (χ2v) is 9.28. The number of amidine groups is 1. The Bertz CT molecular complexity index is 1290. The highest BCUT2D eigenvalue weighted by molar-refractivity contribution is 9.10. The molecular formula is C21H24BrN11O. The van der Waals surface area contributed by atoms with Crippen molar-refractivity contribution in [1.82, 2.24) is 29.5 Å². The molecule has 2 bridgehead atoms. The van der Waals surface area contributed by atoms with Gasteiger partial charge in [0.05, 0.1) is 22.9 Å². The van der Waals surface area contributed by atoms with E-state index in [0.717, 1.165) is 48.8 Å². The summed E-state index contributed by atoms with van der Waals surface area (Å²) in [7, 11) is 0. The minimum atomic E-state index is -0.310. The quantitative estimate of drug-likeness (QED) is 0.288. The molecule has 3 aromatic rings. The van der Waals surface area contributed by atoms with Gasteiger partial charge in [0.2, 0.25) is 0 Å². The number of hydrogen-bond acceptors (Lipinski definition) is 8. The third-order valence-corrected chi connectivity index (χ3v) is 7.44. The zero-order chi connectivity index (χ0) is 24.0. The number of nitrogens with zero attached hydrogens (tertiary/aromatic N) is 7. The fraction of sp³-hybridized carbons (Fsp3) is 0.381. The third kappa shape index (κ3) is 3.60. The third-order valence-electron chi connectivity index (χ3n) is 6.62. The van der Waals surface area contributed by atoms with Gasteiger partial charge in [0, 0.05) is 41.5 Å². The summed E-state index contributed by atoms with van der Waals surface area (Å²) >= 11 is 3.64. The summed E-state index contributed by atoms with van der Waals surface area (Å²) in [6.07, 6.45) is 9.15. The molecule has 2 fully saturated rings. The average Bonchev–Trinajstić information content (AvgIpc) is 3.39. The van der Waals surface area contributed by atoms with Crippen LogP contribution < -0.4 is 17.2 Å². The number of aliphatic imine (C=N–C) groups is 1. The van der Waals surface area contributed by atoms with Gasteiger partial charge in [-0.1, -0.05) is 0 Å². The minimum absolute atomic E-state index is 0.0310. The van der Waals surface area contributed by atoms with Crippen LogP contribution >= 0.6 is 15.9 Å². The molecule has 0 aliphatic carbocycles. The fourth-order valence-electron chi connectivity index (χ4n) is 5.08. The molecule has 34 heavy (non-hydrogen) atoms. The molecule has 3 aromatic heterocycles. The van der Waals surface area contributed by atoms with E-state index in [1.165, 1.54) is 0 Å². The fourth-order valence-corrected chi connectivity index (χ4v) is 5.66. The summed E-state index contributed by atoms with van der Waals surface area (Å²) in [5.41, 5.74) is 20.8. The number of hydrogen-bond donors (Lipinski definition) is 4. The van der Waals surface area contributed by atoms with Gasteiger partial charge in [-0.25, -0.2) is 19.9 Å². The zero-order valence-corrected chi connectivity index (χ0v) is 19.8. The van der Waals surface area contributed by atoms with Crippen molar-refractivity contribution in [3.8, 4) is 11.1 Å². The van der Waals surface area contributed by atoms with Gasteiger partial charge in [-0.3, -0.25) is 10.2 Å². The van der Waals surface area contributed by atoms with E-state index in [1.807, 2.05) is 4.90 Å². The monoisotopic (exact) mass is 525 g/mol. The maximum Gasteiger partial charge on any atom is 0.289 e. The Kier molecular flexibility index (Phi) is 5.73. The standard InChI is InChI=1S/C21H24BrN11O/c22-16-17(10-3-12-1-2-13(4-10)32(12)21(34)18(25)29-9-24)31-20-14(8-30-33(20)19(16)26)11-6-27-15(5-23)28-7-11/h6-10,12-13H,1-5,23,26H2,(H3,24,25,29). The maximum absolute atomic E-state index is 12.8. The first-order chi connectivity index (χ1) is 16.4. The molecule has 2 aliphatic rings. The number of carbonyl (C=O) groups excluding carboxylic acids is 1. The van der Waals surface area contributed by atoms with E-state index >= 15 is 0 Å². The van der Waals surface area contributed by atoms with Crippen molar-refractivity contribution >= 4 is 45.5 Å². The van der Waals surface area contributed by atoms with Gasteiger partial charge >= 0.3 is 0 Å². The van der Waals surface area contributed by atoms with Crippen LogP contribution in [0.3, 0.4) is 0 Å². The molecule has 2 aliphatic heterocycles. The van der Waals surface area contributed by atoms with Crippen LogP contribution in [0.15, 0.2) is 28.1 Å². The summed E-state index contributed by atoms with van der Waals surface area (Å²) in [5, 5.41) is 11.5. The Morgan fingerprint density at radius 3 is 2.53 bits per heavy atom. The van der Waals surface area contributed by atoms with Gasteiger partial charge in [0.15, 0.2) is 11.5 Å². The number of carbonyl (C=O) groups is 1. The molecule has 0 aromatic carbocycles. The number of anilines is 1. The Hall–Kier alpha value is -3.45. The molecule has 0 spiro atoms. The lowest BCUT2D eigenvalue weighted by atomic mass is 9.87. The van der Waals surface area contributed by atoms with Crippen molar-refractivity contribution in [1.29, 1.82) is 5.41 Å². The summed E-state index contributed by atoms with van der Waals surface area (Å²) in [4.78, 5) is 31.8. The Morgan fingerprint density at radius 1 is 1.24 bits per heavy atom. The highest BCUT2D eigenvalue weighted by Gasteiger charge is 2.45. The lowest BCUT2D eigenvalue weighted by molar-refractivity contribution is -0.128. The number of fused-ring (bicyclic) bond motifs is 3. The highest BCUT2D eigenvalue weighted by Crippen LogP contribution is 2.45. The van der Waals surface area contributed by atoms with Gasteiger partial charge in [0.25, 0.3) is 5.91 Å². The van der Waals surface area contributed by atoms with E-state index in [4.69, 9.17) is 27.6 Å². The van der Waals surface area contributed by atoms with Gasteiger partial charge < -0.3 is 22.1 Å². The van der Waals surface area contributed by atoms with E-state index in [9.17, 15) is 4.79 Å². The molecule has 13 heteroatoms. The van der Waals surface area contributed by atoms with E-state index in [0.29, 0.717) is 21.8 Å². The topological polar surface area (TPSA) is 191 Å². The highest BCUT2D eigenvalue weighted by atomic mass is 79.9. The van der Waals surface area contributed by atoms with Crippen molar-refractivity contribution in [3.05, 3.63) is 34.6 Å². The van der Waals surface area contributed by atoms with Crippen molar-refractivity contribution in [3.63, 3.8) is 0 Å². The van der Waals surface area contributed by atoms with Gasteiger partial charge in [-0.15, -0.1) is 0 Å². The minimum Gasteiger partial charge on any atom is -0.383 e. The molecule has 2 saturated heterocycles. The molecule has 1 amide bonds. The second-order valence-electron chi connectivity index (χ2n) is 8.49. The second kappa shape index (κ2) is 8.72. The van der Waals surface area contributed by atoms with Gasteiger partial charge in [0.1, 0.15) is 18.0 Å². The predicted molar refractivity (Wildman–Crippen MR) is 130 cm³/mol. The first-order valence-electron chi connectivity index (χ1n) is 10.9. The number of piperidine rings is 1. The lowest BCUT2D eigenvalue weighted by Crippen LogP contribution is -2.50. The van der Waals surface area contributed by atoms with Gasteiger partial charge in [-0.05, 0) is 41.6 Å². The molecule has 176 valence electrons. The smallest absolute Gasteiger partial charge is 0.289 e. The van der Waals surface area contributed by atoms with E-state index < -0.39 is 0 Å². The normalized spacial score (nSPS) is 22.4. The molecule has 0 saturated carbocycles. The summed E-state index contributed by atoms with van der Waals surface area (Å²) < 4.78 is 2.31. The molecule has 7 N–H and O–H groups in total. The van der Waals surface area contributed by atoms with Crippen LogP contribution in [0.4, 0.5) is 5.82 Å². The average molecular weight is 526 g/mol. The van der Waals surface area contributed by atoms with Crippen molar-refractivity contribution in [2.75, 3.05) is 5.73 Å². The molecule has 0 radical (unpaired) electrons. The van der Waals surface area contributed by atoms with Gasteiger partial charge in [-0.2, -0.15) is 9.61 Å². The predicted octanol–water partition coefficient (Wildman–Crippen LogP) is 1.19. The number of nitrogens with two attached hydrogens (primary N) is 3. The number of halogens is 1. The van der Waals surface area contributed by atoms with E-state index in [-0.39, 0.29) is 36.3 Å². The van der Waals surface area contributed by atoms with Crippen LogP contribution in [-0.4, -0.2) is 59.6 Å². The Balaban J connectivity index is 1.50. The van der Waals surface area contributed by atoms with Crippen molar-refractivity contribution in [2.24, 2.45) is 16.5 Å². The number of amides is 1. The van der Waals surface area contributed by atoms with Crippen LogP contribution in [0.2, 0.25) is 0 Å². The number of aromatic nitrogens is 5. The number of rotatable bonds is 4. The number of nitrogen functional groups attached to an aromatic ring is 1. The van der Waals surface area contributed by atoms with Crippen LogP contribution in [-0.2, 0) is 11.3 Å². The summed E-state index contributed by atoms with van der Waals surface area (Å²) in [6.45, 7) is 0.264. The first-order valence-corrected chi connectivity index (χ1v) is 11.7. The molecular weight excluding hydrogens is 502 g/mol. The summed E-state index contributed by atoms with van der Waals surface area (Å²) in [6, 6.07) is 0.0620. The molecule has 5 heterocycles. The van der Waals surface area contributed by atoms with E-state index in [1.54, 1.807) is 23.1 Å². The van der Waals surface area contributed by atoms with E-state index in [2.05, 4.69) is 36.0 Å². The Morgan fingerprint density at radius 2 is 1.91 bits per heavy atom. The Labute approximate surface area is 203 Å². The van der Waals surface area contributed by atoms with Crippen LogP contribution in [0.1, 0.15) is 43.1 Å². The largest absolute Gasteiger partial charge is 0.383 e. The van der Waals surface area contributed by atoms with Crippen LogP contribution in [0.5, 0.6) is 0 Å². The molecule has 2 atom stereocenters. The maximum atomic E-state index is 12.8. The molecule has 12 nitrogen and oxygen atoms in total. The molecule has 2 unspecified atom stereocenters. The van der Waals surface area contributed by atoms with Crippen molar-refractivity contribution in [2.45, 2.75) is 50.2 Å². The lowest BCUT2D eigenvalue weighted by Gasteiger charge is -2.38. The first kappa shape index (κ1) is 22.3. The van der Waals surface area contributed by atoms with Crippen LogP contribution in [0, 0.1) is 5.41 Å². The molecule has 5 rings (SSSR count). The SMILES string of the molecule is N=CN=C(N)C(=O)N1C2CCC1CC(c1nc3c(-c4cnc(CN)nc4)cnn3c(N)c1Br)C2. The van der Waals surface area contributed by atoms with Crippen molar-refractivity contribution < 1.29 is 4.79 Å². The number of nitrogens with one attached hydrogen (secondary N) is 1. The van der Waals surface area contributed by atoms with Crippen LogP contribution in [0.25, 0.3) is 16.8 Å².